The van der Waals surface area contributed by atoms with Crippen molar-refractivity contribution in [1.29, 1.82) is 0 Å². The molecule has 0 radical (unpaired) electrons. The summed E-state index contributed by atoms with van der Waals surface area (Å²) in [5.41, 5.74) is 2.14. The van der Waals surface area contributed by atoms with Gasteiger partial charge < -0.3 is 15.3 Å². The van der Waals surface area contributed by atoms with Gasteiger partial charge in [0.15, 0.2) is 0 Å². The van der Waals surface area contributed by atoms with Crippen molar-refractivity contribution in [3.8, 4) is 11.3 Å². The Balaban J connectivity index is 1.62. The Bertz CT molecular complexity index is 1060. The molecule has 0 bridgehead atoms. The number of aromatic nitrogens is 3. The standard InChI is InChI=1S/C18H17ClN6O3/c19-14-4-3-11(21-17(26)24-5-1-2-6-24)7-13(14)15-10-25-9-12(22-18(27)28)8-20-16(25)23-15/h3-4,7-10,22H,1-2,5-6H2,(H,21,26)(H,27,28). The number of hydrogen-bond acceptors (Lipinski definition) is 4. The molecule has 0 saturated carbocycles. The lowest BCUT2D eigenvalue weighted by molar-refractivity contribution is 0.209. The normalized spacial score (nSPS) is 13.7. The Morgan fingerprint density at radius 1 is 1.11 bits per heavy atom. The van der Waals surface area contributed by atoms with Gasteiger partial charge >= 0.3 is 12.1 Å². The van der Waals surface area contributed by atoms with Crippen LogP contribution in [-0.4, -0.2) is 49.6 Å². The molecule has 2 aromatic heterocycles. The third-order valence-corrected chi connectivity index (χ3v) is 4.78. The number of likely N-dealkylation sites (tertiary alicyclic amines) is 1. The predicted octanol–water partition coefficient (Wildman–Crippen LogP) is 3.77. The van der Waals surface area contributed by atoms with Crippen molar-refractivity contribution in [3.05, 3.63) is 41.8 Å². The van der Waals surface area contributed by atoms with Crippen LogP contribution in [0.3, 0.4) is 0 Å². The topological polar surface area (TPSA) is 112 Å². The minimum absolute atomic E-state index is 0.133. The van der Waals surface area contributed by atoms with Crippen LogP contribution in [0.1, 0.15) is 12.8 Å². The van der Waals surface area contributed by atoms with E-state index in [1.807, 2.05) is 0 Å². The molecular weight excluding hydrogens is 384 g/mol. The number of benzene rings is 1. The zero-order valence-corrected chi connectivity index (χ0v) is 15.5. The molecule has 1 aromatic carbocycles. The Labute approximate surface area is 165 Å². The highest BCUT2D eigenvalue weighted by molar-refractivity contribution is 6.33. The lowest BCUT2D eigenvalue weighted by Crippen LogP contribution is -2.32. The van der Waals surface area contributed by atoms with Crippen LogP contribution >= 0.6 is 11.6 Å². The number of carbonyl (C=O) groups is 2. The number of nitrogens with one attached hydrogen (secondary N) is 2. The maximum Gasteiger partial charge on any atom is 0.409 e. The molecule has 28 heavy (non-hydrogen) atoms. The second-order valence-electron chi connectivity index (χ2n) is 6.43. The minimum Gasteiger partial charge on any atom is -0.465 e. The van der Waals surface area contributed by atoms with Gasteiger partial charge in [-0.3, -0.25) is 9.72 Å². The van der Waals surface area contributed by atoms with Gasteiger partial charge in [-0.05, 0) is 31.0 Å². The van der Waals surface area contributed by atoms with Crippen LogP contribution in [0.15, 0.2) is 36.8 Å². The van der Waals surface area contributed by atoms with Gasteiger partial charge in [-0.25, -0.2) is 19.6 Å². The molecule has 3 heterocycles. The molecule has 10 heteroatoms. The third-order valence-electron chi connectivity index (χ3n) is 4.45. The molecule has 0 spiro atoms. The van der Waals surface area contributed by atoms with Gasteiger partial charge in [0.1, 0.15) is 0 Å². The number of nitrogens with zero attached hydrogens (tertiary/aromatic N) is 4. The zero-order chi connectivity index (χ0) is 19.7. The molecule has 1 fully saturated rings. The fraction of sp³-hybridized carbons (Fsp3) is 0.222. The molecule has 0 aliphatic carbocycles. The molecule has 3 aromatic rings. The molecule has 1 aliphatic heterocycles. The van der Waals surface area contributed by atoms with Crippen molar-refractivity contribution in [3.63, 3.8) is 0 Å². The van der Waals surface area contributed by atoms with Gasteiger partial charge in [0, 0.05) is 36.7 Å². The second kappa shape index (κ2) is 7.35. The summed E-state index contributed by atoms with van der Waals surface area (Å²) in [7, 11) is 0. The van der Waals surface area contributed by atoms with Crippen LogP contribution in [0.5, 0.6) is 0 Å². The quantitative estimate of drug-likeness (QED) is 0.619. The average molecular weight is 401 g/mol. The number of carbonyl (C=O) groups excluding carboxylic acids is 1. The van der Waals surface area contributed by atoms with Gasteiger partial charge in [-0.1, -0.05) is 11.6 Å². The predicted molar refractivity (Wildman–Crippen MR) is 105 cm³/mol. The molecule has 1 saturated heterocycles. The highest BCUT2D eigenvalue weighted by atomic mass is 35.5. The first-order chi connectivity index (χ1) is 13.5. The third kappa shape index (κ3) is 3.70. The molecule has 1 aliphatic rings. The number of hydrogen-bond donors (Lipinski definition) is 3. The maximum absolute atomic E-state index is 12.3. The van der Waals surface area contributed by atoms with Crippen molar-refractivity contribution in [2.24, 2.45) is 0 Å². The van der Waals surface area contributed by atoms with Crippen molar-refractivity contribution in [2.75, 3.05) is 23.7 Å². The average Bonchev–Trinajstić information content (AvgIpc) is 3.32. The summed E-state index contributed by atoms with van der Waals surface area (Å²) in [6, 6.07) is 5.06. The first-order valence-electron chi connectivity index (χ1n) is 8.70. The summed E-state index contributed by atoms with van der Waals surface area (Å²) in [6.07, 6.45) is 5.52. The Morgan fingerprint density at radius 2 is 1.89 bits per heavy atom. The van der Waals surface area contributed by atoms with E-state index < -0.39 is 6.09 Å². The Morgan fingerprint density at radius 3 is 2.64 bits per heavy atom. The monoisotopic (exact) mass is 400 g/mol. The van der Waals surface area contributed by atoms with E-state index in [2.05, 4.69) is 20.6 Å². The van der Waals surface area contributed by atoms with Crippen LogP contribution in [0.25, 0.3) is 17.0 Å². The number of carboxylic acid groups (broad SMARTS) is 1. The highest BCUT2D eigenvalue weighted by Crippen LogP contribution is 2.30. The molecule has 0 unspecified atom stereocenters. The zero-order valence-electron chi connectivity index (χ0n) is 14.7. The molecule has 3 N–H and O–H groups in total. The lowest BCUT2D eigenvalue weighted by atomic mass is 10.1. The summed E-state index contributed by atoms with van der Waals surface area (Å²) < 4.78 is 1.60. The van der Waals surface area contributed by atoms with Crippen molar-refractivity contribution in [1.82, 2.24) is 19.3 Å². The van der Waals surface area contributed by atoms with E-state index in [4.69, 9.17) is 16.7 Å². The number of anilines is 2. The van der Waals surface area contributed by atoms with Crippen LogP contribution < -0.4 is 10.6 Å². The fourth-order valence-electron chi connectivity index (χ4n) is 3.12. The first-order valence-corrected chi connectivity index (χ1v) is 9.08. The molecule has 0 atom stereocenters. The van der Waals surface area contributed by atoms with Gasteiger partial charge in [-0.15, -0.1) is 0 Å². The summed E-state index contributed by atoms with van der Waals surface area (Å²) in [6.45, 7) is 1.52. The van der Waals surface area contributed by atoms with E-state index in [1.165, 1.54) is 6.20 Å². The number of urea groups is 1. The van der Waals surface area contributed by atoms with Crippen LogP contribution in [0.2, 0.25) is 5.02 Å². The number of fused-ring (bicyclic) bond motifs is 1. The van der Waals surface area contributed by atoms with E-state index in [-0.39, 0.29) is 6.03 Å². The van der Waals surface area contributed by atoms with Crippen LogP contribution in [0.4, 0.5) is 21.0 Å². The van der Waals surface area contributed by atoms with Gasteiger partial charge in [0.25, 0.3) is 0 Å². The number of halogens is 1. The summed E-state index contributed by atoms with van der Waals surface area (Å²) >= 11 is 6.34. The minimum atomic E-state index is -1.18. The Hall–Kier alpha value is -3.33. The summed E-state index contributed by atoms with van der Waals surface area (Å²) in [5.74, 6) is 0.397. The van der Waals surface area contributed by atoms with Crippen LogP contribution in [-0.2, 0) is 0 Å². The smallest absolute Gasteiger partial charge is 0.409 e. The molecule has 3 amide bonds. The van der Waals surface area contributed by atoms with E-state index in [0.29, 0.717) is 33.4 Å². The fourth-order valence-corrected chi connectivity index (χ4v) is 3.34. The summed E-state index contributed by atoms with van der Waals surface area (Å²) in [5, 5.41) is 14.4. The Kier molecular flexibility index (Phi) is 4.74. The molecule has 4 rings (SSSR count). The first kappa shape index (κ1) is 18.1. The van der Waals surface area contributed by atoms with Crippen molar-refractivity contribution < 1.29 is 14.7 Å². The number of rotatable bonds is 3. The SMILES string of the molecule is O=C(O)Nc1cnc2nc(-c3cc(NC(=O)N4CCCC4)ccc3Cl)cn2c1. The molecular formula is C18H17ClN6O3. The molecule has 9 nitrogen and oxygen atoms in total. The molecule has 144 valence electrons. The maximum atomic E-state index is 12.3. The number of amides is 3. The summed E-state index contributed by atoms with van der Waals surface area (Å²) in [4.78, 5) is 33.4. The second-order valence-corrected chi connectivity index (χ2v) is 6.83. The number of imidazole rings is 1. The lowest BCUT2D eigenvalue weighted by Gasteiger charge is -2.16. The van der Waals surface area contributed by atoms with Crippen molar-refractivity contribution in [2.45, 2.75) is 12.8 Å². The van der Waals surface area contributed by atoms with Gasteiger partial charge in [-0.2, -0.15) is 0 Å². The van der Waals surface area contributed by atoms with E-state index in [0.717, 1.165) is 25.9 Å². The highest BCUT2D eigenvalue weighted by Gasteiger charge is 2.18. The van der Waals surface area contributed by atoms with Gasteiger partial charge in [0.2, 0.25) is 5.78 Å². The largest absolute Gasteiger partial charge is 0.465 e. The van der Waals surface area contributed by atoms with Gasteiger partial charge in [0.05, 0.1) is 22.6 Å². The van der Waals surface area contributed by atoms with E-state index >= 15 is 0 Å². The van der Waals surface area contributed by atoms with E-state index in [9.17, 15) is 9.59 Å². The van der Waals surface area contributed by atoms with Crippen LogP contribution in [0, 0.1) is 0 Å². The van der Waals surface area contributed by atoms with E-state index in [1.54, 1.807) is 39.9 Å². The van der Waals surface area contributed by atoms with Crippen molar-refractivity contribution >= 4 is 40.9 Å².